The van der Waals surface area contributed by atoms with Crippen molar-refractivity contribution in [2.45, 2.75) is 6.23 Å². The van der Waals surface area contributed by atoms with E-state index < -0.39 is 6.23 Å². The van der Waals surface area contributed by atoms with Crippen LogP contribution in [-0.2, 0) is 4.74 Å². The smallest absolute Gasteiger partial charge is 0.117 e. The Labute approximate surface area is 66.9 Å². The Balaban J connectivity index is 2.89. The van der Waals surface area contributed by atoms with E-state index in [2.05, 4.69) is 10.6 Å². The molecule has 11 heavy (non-hydrogen) atoms. The molecule has 0 bridgehead atoms. The van der Waals surface area contributed by atoms with Gasteiger partial charge in [0, 0.05) is 13.1 Å². The van der Waals surface area contributed by atoms with E-state index >= 15 is 0 Å². The Morgan fingerprint density at radius 1 is 1.64 bits per heavy atom. The van der Waals surface area contributed by atoms with E-state index in [1.807, 2.05) is 0 Å². The normalized spacial score (nSPS) is 13.4. The summed E-state index contributed by atoms with van der Waals surface area (Å²) in [4.78, 5) is 0. The molecule has 0 aliphatic carbocycles. The van der Waals surface area contributed by atoms with E-state index in [1.54, 1.807) is 7.05 Å². The SMILES string of the molecule is CNC(O)CNCOCCN. The van der Waals surface area contributed by atoms with Gasteiger partial charge in [-0.25, -0.2) is 0 Å². The van der Waals surface area contributed by atoms with Gasteiger partial charge >= 0.3 is 0 Å². The van der Waals surface area contributed by atoms with Crippen molar-refractivity contribution in [1.29, 1.82) is 0 Å². The van der Waals surface area contributed by atoms with E-state index in [-0.39, 0.29) is 0 Å². The molecule has 0 spiro atoms. The van der Waals surface area contributed by atoms with Gasteiger partial charge in [-0.1, -0.05) is 0 Å². The van der Waals surface area contributed by atoms with Crippen molar-refractivity contribution in [1.82, 2.24) is 10.6 Å². The minimum absolute atomic E-state index is 0.427. The van der Waals surface area contributed by atoms with Crippen LogP contribution in [0.5, 0.6) is 0 Å². The van der Waals surface area contributed by atoms with Gasteiger partial charge in [-0.3, -0.25) is 10.6 Å². The Hall–Kier alpha value is -0.200. The molecule has 0 radical (unpaired) electrons. The quantitative estimate of drug-likeness (QED) is 0.259. The summed E-state index contributed by atoms with van der Waals surface area (Å²) in [7, 11) is 1.69. The van der Waals surface area contributed by atoms with Crippen LogP contribution in [0.2, 0.25) is 0 Å². The molecule has 0 aromatic rings. The van der Waals surface area contributed by atoms with Crippen molar-refractivity contribution in [2.24, 2.45) is 5.73 Å². The Morgan fingerprint density at radius 2 is 2.36 bits per heavy atom. The van der Waals surface area contributed by atoms with Crippen molar-refractivity contribution < 1.29 is 9.84 Å². The van der Waals surface area contributed by atoms with Crippen molar-refractivity contribution >= 4 is 0 Å². The highest BCUT2D eigenvalue weighted by Gasteiger charge is 1.96. The molecule has 5 N–H and O–H groups in total. The number of nitrogens with two attached hydrogens (primary N) is 1. The summed E-state index contributed by atoms with van der Waals surface area (Å²) in [5, 5.41) is 14.5. The second-order valence-electron chi connectivity index (χ2n) is 2.10. The van der Waals surface area contributed by atoms with Gasteiger partial charge in [-0.05, 0) is 7.05 Å². The lowest BCUT2D eigenvalue weighted by atomic mass is 10.5. The predicted molar refractivity (Wildman–Crippen MR) is 42.9 cm³/mol. The van der Waals surface area contributed by atoms with E-state index in [1.165, 1.54) is 0 Å². The number of aliphatic hydroxyl groups excluding tert-OH is 1. The third kappa shape index (κ3) is 7.70. The van der Waals surface area contributed by atoms with Gasteiger partial charge in [0.05, 0.1) is 13.3 Å². The molecule has 0 aliphatic heterocycles. The van der Waals surface area contributed by atoms with E-state index in [0.717, 1.165) is 0 Å². The maximum Gasteiger partial charge on any atom is 0.117 e. The van der Waals surface area contributed by atoms with Crippen LogP contribution in [0.15, 0.2) is 0 Å². The minimum atomic E-state index is -0.517. The van der Waals surface area contributed by atoms with Crippen molar-refractivity contribution in [3.05, 3.63) is 0 Å². The molecule has 0 saturated carbocycles. The van der Waals surface area contributed by atoms with Crippen LogP contribution in [0.25, 0.3) is 0 Å². The second-order valence-corrected chi connectivity index (χ2v) is 2.10. The minimum Gasteiger partial charge on any atom is -0.377 e. The first-order valence-corrected chi connectivity index (χ1v) is 3.65. The maximum atomic E-state index is 8.96. The fourth-order valence-corrected chi connectivity index (χ4v) is 0.525. The van der Waals surface area contributed by atoms with E-state index in [0.29, 0.717) is 26.4 Å². The molecule has 0 aromatic carbocycles. The van der Waals surface area contributed by atoms with Gasteiger partial charge in [0.15, 0.2) is 0 Å². The Morgan fingerprint density at radius 3 is 2.91 bits per heavy atom. The van der Waals surface area contributed by atoms with Crippen LogP contribution in [0.4, 0.5) is 0 Å². The van der Waals surface area contributed by atoms with Crippen molar-refractivity contribution in [2.75, 3.05) is 33.5 Å². The largest absolute Gasteiger partial charge is 0.377 e. The molecule has 1 atom stereocenters. The average molecular weight is 163 g/mol. The molecular weight excluding hydrogens is 146 g/mol. The van der Waals surface area contributed by atoms with Crippen LogP contribution in [0.3, 0.4) is 0 Å². The lowest BCUT2D eigenvalue weighted by Crippen LogP contribution is -2.37. The van der Waals surface area contributed by atoms with Gasteiger partial charge in [0.2, 0.25) is 0 Å². The highest BCUT2D eigenvalue weighted by Crippen LogP contribution is 1.71. The third-order valence-corrected chi connectivity index (χ3v) is 1.14. The number of hydrogen-bond acceptors (Lipinski definition) is 5. The zero-order valence-electron chi connectivity index (χ0n) is 6.84. The molecule has 0 heterocycles. The van der Waals surface area contributed by atoms with Gasteiger partial charge in [0.25, 0.3) is 0 Å². The Bertz CT molecular complexity index is 82.2. The summed E-state index contributed by atoms with van der Waals surface area (Å²) < 4.78 is 5.00. The van der Waals surface area contributed by atoms with Gasteiger partial charge in [0.1, 0.15) is 6.23 Å². The first-order valence-electron chi connectivity index (χ1n) is 3.65. The molecule has 5 heteroatoms. The molecule has 0 fully saturated rings. The summed E-state index contributed by atoms with van der Waals surface area (Å²) in [5.41, 5.74) is 5.18. The Kier molecular flexibility index (Phi) is 7.76. The zero-order valence-corrected chi connectivity index (χ0v) is 6.84. The summed E-state index contributed by atoms with van der Waals surface area (Å²) in [6, 6.07) is 0. The lowest BCUT2D eigenvalue weighted by molar-refractivity contribution is 0.0935. The summed E-state index contributed by atoms with van der Waals surface area (Å²) in [6.45, 7) is 1.97. The van der Waals surface area contributed by atoms with Crippen LogP contribution >= 0.6 is 0 Å². The first-order chi connectivity index (χ1) is 5.31. The molecule has 1 unspecified atom stereocenters. The number of rotatable bonds is 7. The topological polar surface area (TPSA) is 79.5 Å². The molecule has 0 amide bonds. The zero-order chi connectivity index (χ0) is 8.53. The predicted octanol–water partition coefficient (Wildman–Crippen LogP) is -1.95. The van der Waals surface area contributed by atoms with Crippen molar-refractivity contribution in [3.63, 3.8) is 0 Å². The molecular formula is C6H17N3O2. The monoisotopic (exact) mass is 163 g/mol. The fraction of sp³-hybridized carbons (Fsp3) is 1.00. The molecule has 5 nitrogen and oxygen atoms in total. The van der Waals surface area contributed by atoms with Crippen molar-refractivity contribution in [3.8, 4) is 0 Å². The summed E-state index contributed by atoms with van der Waals surface area (Å²) in [6.07, 6.45) is -0.517. The van der Waals surface area contributed by atoms with Crippen LogP contribution in [0, 0.1) is 0 Å². The molecule has 0 saturated heterocycles. The van der Waals surface area contributed by atoms with E-state index in [4.69, 9.17) is 15.6 Å². The molecule has 0 rings (SSSR count). The highest BCUT2D eigenvalue weighted by molar-refractivity contribution is 4.50. The summed E-state index contributed by atoms with van der Waals surface area (Å²) >= 11 is 0. The number of hydrogen-bond donors (Lipinski definition) is 4. The summed E-state index contributed by atoms with van der Waals surface area (Å²) in [5.74, 6) is 0. The number of likely N-dealkylation sites (N-methyl/N-ethyl adjacent to an activating group) is 1. The highest BCUT2D eigenvalue weighted by atomic mass is 16.5. The maximum absolute atomic E-state index is 8.96. The molecule has 0 aliphatic rings. The van der Waals surface area contributed by atoms with Crippen LogP contribution in [-0.4, -0.2) is 44.8 Å². The first kappa shape index (κ1) is 10.8. The average Bonchev–Trinajstić information content (AvgIpc) is 2.04. The van der Waals surface area contributed by atoms with Gasteiger partial charge in [-0.2, -0.15) is 0 Å². The molecule has 68 valence electrons. The number of nitrogens with one attached hydrogen (secondary N) is 2. The van der Waals surface area contributed by atoms with Crippen LogP contribution < -0.4 is 16.4 Å². The van der Waals surface area contributed by atoms with Crippen LogP contribution in [0.1, 0.15) is 0 Å². The standard InChI is InChI=1S/C6H17N3O2/c1-8-6(10)4-9-5-11-3-2-7/h6,8-10H,2-5,7H2,1H3. The number of ether oxygens (including phenoxy) is 1. The second kappa shape index (κ2) is 7.90. The fourth-order valence-electron chi connectivity index (χ4n) is 0.525. The third-order valence-electron chi connectivity index (χ3n) is 1.14. The molecule has 0 aromatic heterocycles. The number of aliphatic hydroxyl groups is 1. The lowest BCUT2D eigenvalue weighted by Gasteiger charge is -2.10. The van der Waals surface area contributed by atoms with E-state index in [9.17, 15) is 0 Å². The van der Waals surface area contributed by atoms with Gasteiger partial charge in [-0.15, -0.1) is 0 Å². The van der Waals surface area contributed by atoms with Gasteiger partial charge < -0.3 is 15.6 Å².